The van der Waals surface area contributed by atoms with Gasteiger partial charge in [-0.3, -0.25) is 14.9 Å². The van der Waals surface area contributed by atoms with Crippen LogP contribution in [0.5, 0.6) is 0 Å². The fraction of sp³-hybridized carbons (Fsp3) is 0.273. The van der Waals surface area contributed by atoms with Gasteiger partial charge in [0.1, 0.15) is 6.04 Å². The minimum Gasteiger partial charge on any atom is -0.480 e. The average Bonchev–Trinajstić information content (AvgIpc) is 2.42. The molecule has 0 radical (unpaired) electrons. The van der Waals surface area contributed by atoms with Gasteiger partial charge in [0, 0.05) is 36.8 Å². The molecule has 0 aliphatic rings. The smallest absolute Gasteiger partial charge is 0.327 e. The first-order valence-electron chi connectivity index (χ1n) is 5.67. The third-order valence-corrected chi connectivity index (χ3v) is 2.87. The largest absolute Gasteiger partial charge is 0.480 e. The number of nitro benzene ring substituents is 1. The highest BCUT2D eigenvalue weighted by Crippen LogP contribution is 2.19. The van der Waals surface area contributed by atoms with Gasteiger partial charge in [-0.15, -0.1) is 9.63 Å². The molecule has 1 amide bonds. The van der Waals surface area contributed by atoms with Crippen molar-refractivity contribution in [3.63, 3.8) is 0 Å². The zero-order chi connectivity index (χ0) is 15.8. The van der Waals surface area contributed by atoms with Gasteiger partial charge in [0.2, 0.25) is 5.91 Å². The second kappa shape index (κ2) is 7.94. The van der Waals surface area contributed by atoms with Crippen molar-refractivity contribution >= 4 is 35.2 Å². The molecule has 0 bridgehead atoms. The molecule has 1 rings (SSSR count). The Balaban J connectivity index is 2.51. The van der Waals surface area contributed by atoms with Crippen molar-refractivity contribution in [3.05, 3.63) is 34.4 Å². The van der Waals surface area contributed by atoms with Crippen molar-refractivity contribution in [2.75, 3.05) is 5.75 Å². The Morgan fingerprint density at radius 2 is 2.05 bits per heavy atom. The summed E-state index contributed by atoms with van der Waals surface area (Å²) in [5, 5.41) is 25.4. The Labute approximate surface area is 123 Å². The Morgan fingerprint density at radius 1 is 1.43 bits per heavy atom. The standard InChI is InChI=1S/C11H12N4O5S/c1-7(16)12-10(11(17)18)6-21-14-13-8-2-4-9(5-3-8)15(19)20/h2-5,10H,6H2,1H3,(H,12,16)(H,17,18)/t10-/m0/s1. The van der Waals surface area contributed by atoms with E-state index in [1.165, 1.54) is 31.2 Å². The predicted octanol–water partition coefficient (Wildman–Crippen LogP) is 1.92. The fourth-order valence-electron chi connectivity index (χ4n) is 1.24. The van der Waals surface area contributed by atoms with Crippen molar-refractivity contribution in [3.8, 4) is 0 Å². The van der Waals surface area contributed by atoms with Crippen molar-refractivity contribution in [2.24, 2.45) is 9.63 Å². The van der Waals surface area contributed by atoms with Crippen LogP contribution in [-0.4, -0.2) is 33.7 Å². The maximum Gasteiger partial charge on any atom is 0.327 e. The normalized spacial score (nSPS) is 12.0. The molecule has 0 fully saturated rings. The highest BCUT2D eigenvalue weighted by Gasteiger charge is 2.18. The number of amides is 1. The summed E-state index contributed by atoms with van der Waals surface area (Å²) in [4.78, 5) is 31.6. The molecule has 9 nitrogen and oxygen atoms in total. The minimum absolute atomic E-state index is 0.0192. The molecule has 1 aromatic rings. The number of nitrogens with one attached hydrogen (secondary N) is 1. The molecule has 0 unspecified atom stereocenters. The fourth-order valence-corrected chi connectivity index (χ4v) is 1.84. The molecule has 0 aliphatic carbocycles. The number of hydrogen-bond donors (Lipinski definition) is 2. The van der Waals surface area contributed by atoms with Crippen LogP contribution in [-0.2, 0) is 9.59 Å². The lowest BCUT2D eigenvalue weighted by molar-refractivity contribution is -0.384. The Kier molecular flexibility index (Phi) is 6.27. The van der Waals surface area contributed by atoms with Gasteiger partial charge in [0.15, 0.2) is 0 Å². The zero-order valence-electron chi connectivity index (χ0n) is 10.9. The summed E-state index contributed by atoms with van der Waals surface area (Å²) in [5.74, 6) is -1.59. The van der Waals surface area contributed by atoms with Crippen molar-refractivity contribution < 1.29 is 19.6 Å². The second-order valence-corrected chi connectivity index (χ2v) is 4.60. The molecule has 0 saturated carbocycles. The van der Waals surface area contributed by atoms with Crippen LogP contribution in [0.25, 0.3) is 0 Å². The van der Waals surface area contributed by atoms with E-state index in [4.69, 9.17) is 5.11 Å². The van der Waals surface area contributed by atoms with E-state index in [1.807, 2.05) is 0 Å². The Bertz CT molecular complexity index is 560. The van der Waals surface area contributed by atoms with E-state index in [2.05, 4.69) is 15.0 Å². The van der Waals surface area contributed by atoms with Crippen LogP contribution in [0.3, 0.4) is 0 Å². The topological polar surface area (TPSA) is 134 Å². The molecule has 21 heavy (non-hydrogen) atoms. The summed E-state index contributed by atoms with van der Waals surface area (Å²) in [6.07, 6.45) is 0. The third kappa shape index (κ3) is 5.99. The van der Waals surface area contributed by atoms with Crippen LogP contribution in [0.1, 0.15) is 6.92 Å². The molecule has 1 aromatic carbocycles. The van der Waals surface area contributed by atoms with E-state index in [0.29, 0.717) is 5.69 Å². The lowest BCUT2D eigenvalue weighted by Crippen LogP contribution is -2.41. The molecule has 0 aromatic heterocycles. The number of rotatable bonds is 7. The van der Waals surface area contributed by atoms with E-state index in [-0.39, 0.29) is 11.4 Å². The molecule has 10 heteroatoms. The SMILES string of the molecule is CC(=O)N[C@@H](CSN=Nc1ccc([N+](=O)[O-])cc1)C(=O)O. The number of carbonyl (C=O) groups excluding carboxylic acids is 1. The highest BCUT2D eigenvalue weighted by atomic mass is 32.2. The van der Waals surface area contributed by atoms with Crippen LogP contribution < -0.4 is 5.32 Å². The molecule has 0 aliphatic heterocycles. The van der Waals surface area contributed by atoms with Crippen molar-refractivity contribution in [1.29, 1.82) is 0 Å². The number of carbonyl (C=O) groups is 2. The van der Waals surface area contributed by atoms with Gasteiger partial charge in [-0.1, -0.05) is 0 Å². The zero-order valence-corrected chi connectivity index (χ0v) is 11.7. The number of nitrogens with zero attached hydrogens (tertiary/aromatic N) is 3. The van der Waals surface area contributed by atoms with Crippen LogP contribution in [0.15, 0.2) is 33.9 Å². The number of hydrogen-bond acceptors (Lipinski definition) is 7. The lowest BCUT2D eigenvalue weighted by Gasteiger charge is -2.10. The van der Waals surface area contributed by atoms with Crippen LogP contribution in [0.4, 0.5) is 11.4 Å². The van der Waals surface area contributed by atoms with Crippen LogP contribution >= 0.6 is 11.9 Å². The van der Waals surface area contributed by atoms with E-state index >= 15 is 0 Å². The molecule has 112 valence electrons. The van der Waals surface area contributed by atoms with E-state index in [0.717, 1.165) is 11.9 Å². The molecular weight excluding hydrogens is 300 g/mol. The first-order valence-corrected chi connectivity index (χ1v) is 6.61. The molecule has 2 N–H and O–H groups in total. The van der Waals surface area contributed by atoms with Gasteiger partial charge in [-0.25, -0.2) is 4.79 Å². The Morgan fingerprint density at radius 3 is 2.52 bits per heavy atom. The molecule has 0 saturated heterocycles. The van der Waals surface area contributed by atoms with E-state index in [1.54, 1.807) is 0 Å². The number of carboxylic acids is 1. The third-order valence-electron chi connectivity index (χ3n) is 2.19. The van der Waals surface area contributed by atoms with Crippen LogP contribution in [0, 0.1) is 10.1 Å². The number of aliphatic carboxylic acids is 1. The summed E-state index contributed by atoms with van der Waals surface area (Å²) < 4.78 is 3.70. The predicted molar refractivity (Wildman–Crippen MR) is 75.3 cm³/mol. The Hall–Kier alpha value is -2.49. The number of nitro groups is 1. The molecule has 0 heterocycles. The number of carboxylic acid groups (broad SMARTS) is 1. The summed E-state index contributed by atoms with van der Waals surface area (Å²) >= 11 is 0.866. The van der Waals surface area contributed by atoms with Gasteiger partial charge in [-0.05, 0) is 12.1 Å². The second-order valence-electron chi connectivity index (χ2n) is 3.84. The molecule has 0 spiro atoms. The quantitative estimate of drug-likeness (QED) is 0.342. The average molecular weight is 312 g/mol. The summed E-state index contributed by atoms with van der Waals surface area (Å²) in [5.41, 5.74) is 0.345. The van der Waals surface area contributed by atoms with Gasteiger partial charge in [0.05, 0.1) is 10.6 Å². The lowest BCUT2D eigenvalue weighted by atomic mass is 10.3. The maximum atomic E-state index is 10.8. The van der Waals surface area contributed by atoms with E-state index < -0.39 is 22.8 Å². The summed E-state index contributed by atoms with van der Waals surface area (Å²) in [7, 11) is 0. The first kappa shape index (κ1) is 16.6. The summed E-state index contributed by atoms with van der Waals surface area (Å²) in [6, 6.07) is 4.37. The van der Waals surface area contributed by atoms with Crippen molar-refractivity contribution in [1.82, 2.24) is 5.32 Å². The highest BCUT2D eigenvalue weighted by molar-refractivity contribution is 7.97. The monoisotopic (exact) mass is 312 g/mol. The first-order chi connectivity index (χ1) is 9.90. The number of benzene rings is 1. The van der Waals surface area contributed by atoms with Crippen LogP contribution in [0.2, 0.25) is 0 Å². The summed E-state index contributed by atoms with van der Waals surface area (Å²) in [6.45, 7) is 1.22. The van der Waals surface area contributed by atoms with Gasteiger partial charge in [-0.2, -0.15) is 0 Å². The minimum atomic E-state index is -1.16. The number of non-ortho nitro benzene ring substituents is 1. The van der Waals surface area contributed by atoms with Crippen molar-refractivity contribution in [2.45, 2.75) is 13.0 Å². The van der Waals surface area contributed by atoms with Gasteiger partial charge >= 0.3 is 5.97 Å². The molecular formula is C11H12N4O5S. The maximum absolute atomic E-state index is 10.8. The molecule has 1 atom stereocenters. The van der Waals surface area contributed by atoms with Gasteiger partial charge < -0.3 is 10.4 Å². The van der Waals surface area contributed by atoms with E-state index in [9.17, 15) is 19.7 Å². The van der Waals surface area contributed by atoms with Gasteiger partial charge in [0.25, 0.3) is 5.69 Å².